The molecule has 2 aromatic carbocycles. The molecule has 2 amide bonds. The number of furan rings is 1. The van der Waals surface area contributed by atoms with Crippen LogP contribution < -0.4 is 10.1 Å². The van der Waals surface area contributed by atoms with Crippen LogP contribution in [0.15, 0.2) is 46.9 Å². The second kappa shape index (κ2) is 8.63. The molecule has 0 spiro atoms. The van der Waals surface area contributed by atoms with Gasteiger partial charge in [-0.25, -0.2) is 4.79 Å². The maximum atomic E-state index is 12.4. The van der Waals surface area contributed by atoms with Crippen LogP contribution in [0.5, 0.6) is 5.75 Å². The predicted molar refractivity (Wildman–Crippen MR) is 115 cm³/mol. The second-order valence-electron chi connectivity index (χ2n) is 8.20. The van der Waals surface area contributed by atoms with Gasteiger partial charge >= 0.3 is 5.97 Å². The number of nitrogens with one attached hydrogen (secondary N) is 1. The van der Waals surface area contributed by atoms with Crippen LogP contribution >= 0.6 is 0 Å². The average molecular weight is 423 g/mol. The van der Waals surface area contributed by atoms with Gasteiger partial charge in [0, 0.05) is 16.5 Å². The number of methoxy groups -OCH3 is 1. The molecule has 0 aliphatic carbocycles. The fraction of sp³-hybridized carbons (Fsp3) is 0.292. The van der Waals surface area contributed by atoms with Gasteiger partial charge < -0.3 is 13.9 Å². The topological polar surface area (TPSA) is 94.8 Å². The highest BCUT2D eigenvalue weighted by atomic mass is 16.5. The van der Waals surface area contributed by atoms with E-state index in [4.69, 9.17) is 13.9 Å². The van der Waals surface area contributed by atoms with Crippen LogP contribution in [0.25, 0.3) is 11.0 Å². The van der Waals surface area contributed by atoms with Crippen molar-refractivity contribution >= 4 is 28.8 Å². The summed E-state index contributed by atoms with van der Waals surface area (Å²) in [4.78, 5) is 36.7. The lowest BCUT2D eigenvalue weighted by Gasteiger charge is -2.18. The first kappa shape index (κ1) is 22.1. The van der Waals surface area contributed by atoms with Crippen molar-refractivity contribution in [2.24, 2.45) is 0 Å². The number of amides is 2. The van der Waals surface area contributed by atoms with Crippen LogP contribution in [-0.4, -0.2) is 31.5 Å². The van der Waals surface area contributed by atoms with Crippen LogP contribution in [0.4, 0.5) is 0 Å². The van der Waals surface area contributed by atoms with Gasteiger partial charge in [-0.2, -0.15) is 0 Å². The van der Waals surface area contributed by atoms with Gasteiger partial charge in [-0.3, -0.25) is 14.9 Å². The summed E-state index contributed by atoms with van der Waals surface area (Å²) in [5, 5.41) is 2.93. The standard InChI is InChI=1S/C24H25NO6/c1-14-18-12-17(29-5)10-11-19(18)31-21(14)23(28)30-13-20(26)25-22(27)15-6-8-16(9-7-15)24(2,3)4/h6-12H,13H2,1-5H3,(H,25,26,27). The van der Waals surface area contributed by atoms with Gasteiger partial charge in [0.1, 0.15) is 11.3 Å². The Hall–Kier alpha value is -3.61. The van der Waals surface area contributed by atoms with Crippen LogP contribution in [-0.2, 0) is 14.9 Å². The zero-order chi connectivity index (χ0) is 22.8. The number of hydrogen-bond acceptors (Lipinski definition) is 6. The first-order valence-corrected chi connectivity index (χ1v) is 9.79. The third-order valence-electron chi connectivity index (χ3n) is 4.93. The van der Waals surface area contributed by atoms with Crippen molar-refractivity contribution < 1.29 is 28.3 Å². The lowest BCUT2D eigenvalue weighted by atomic mass is 9.87. The summed E-state index contributed by atoms with van der Waals surface area (Å²) in [6, 6.07) is 12.2. The van der Waals surface area contributed by atoms with Gasteiger partial charge in [-0.15, -0.1) is 0 Å². The van der Waals surface area contributed by atoms with E-state index in [2.05, 4.69) is 26.1 Å². The molecule has 0 saturated carbocycles. The smallest absolute Gasteiger partial charge is 0.375 e. The van der Waals surface area contributed by atoms with E-state index in [0.717, 1.165) is 5.56 Å². The monoisotopic (exact) mass is 423 g/mol. The Bertz CT molecular complexity index is 1140. The van der Waals surface area contributed by atoms with E-state index in [1.807, 2.05) is 12.1 Å². The van der Waals surface area contributed by atoms with E-state index in [-0.39, 0.29) is 11.2 Å². The number of rotatable bonds is 5. The highest BCUT2D eigenvalue weighted by Crippen LogP contribution is 2.29. The summed E-state index contributed by atoms with van der Waals surface area (Å²) in [5.74, 6) is -1.45. The molecule has 3 aromatic rings. The molecule has 162 valence electrons. The number of carbonyl (C=O) groups is 3. The quantitative estimate of drug-likeness (QED) is 0.619. The first-order chi connectivity index (χ1) is 14.6. The van der Waals surface area contributed by atoms with Crippen LogP contribution in [0.2, 0.25) is 0 Å². The van der Waals surface area contributed by atoms with E-state index >= 15 is 0 Å². The minimum Gasteiger partial charge on any atom is -0.497 e. The molecule has 0 aliphatic heterocycles. The lowest BCUT2D eigenvalue weighted by Crippen LogP contribution is -2.34. The lowest BCUT2D eigenvalue weighted by molar-refractivity contribution is -0.123. The molecule has 0 bridgehead atoms. The van der Waals surface area contributed by atoms with Crippen LogP contribution in [0, 0.1) is 6.92 Å². The molecule has 3 rings (SSSR count). The van der Waals surface area contributed by atoms with Crippen molar-refractivity contribution in [3.63, 3.8) is 0 Å². The third-order valence-corrected chi connectivity index (χ3v) is 4.93. The fourth-order valence-corrected chi connectivity index (χ4v) is 3.07. The second-order valence-corrected chi connectivity index (χ2v) is 8.20. The van der Waals surface area contributed by atoms with Crippen LogP contribution in [0.3, 0.4) is 0 Å². The molecule has 31 heavy (non-hydrogen) atoms. The highest BCUT2D eigenvalue weighted by molar-refractivity contribution is 6.05. The molecule has 7 nitrogen and oxygen atoms in total. The van der Waals surface area contributed by atoms with Gasteiger partial charge in [0.15, 0.2) is 6.61 Å². The summed E-state index contributed by atoms with van der Waals surface area (Å²) in [6.07, 6.45) is 0. The zero-order valence-electron chi connectivity index (χ0n) is 18.2. The number of esters is 1. The number of aryl methyl sites for hydroxylation is 1. The van der Waals surface area contributed by atoms with Crippen molar-refractivity contribution in [3.8, 4) is 5.75 Å². The van der Waals surface area contributed by atoms with Gasteiger partial charge in [-0.05, 0) is 48.2 Å². The molecule has 7 heteroatoms. The Morgan fingerprint density at radius 3 is 2.32 bits per heavy atom. The van der Waals surface area contributed by atoms with E-state index in [1.54, 1.807) is 44.4 Å². The zero-order valence-corrected chi connectivity index (χ0v) is 18.2. The molecule has 0 unspecified atom stereocenters. The Labute approximate surface area is 180 Å². The summed E-state index contributed by atoms with van der Waals surface area (Å²) >= 11 is 0. The fourth-order valence-electron chi connectivity index (χ4n) is 3.07. The van der Waals surface area contributed by atoms with Gasteiger partial charge in [0.2, 0.25) is 5.76 Å². The number of hydrogen-bond donors (Lipinski definition) is 1. The molecule has 0 saturated heterocycles. The SMILES string of the molecule is COc1ccc2oc(C(=O)OCC(=O)NC(=O)c3ccc(C(C)(C)C)cc3)c(C)c2c1. The van der Waals surface area contributed by atoms with Crippen molar-refractivity contribution in [3.05, 3.63) is 64.9 Å². The normalized spacial score (nSPS) is 11.3. The maximum absolute atomic E-state index is 12.4. The van der Waals surface area contributed by atoms with E-state index < -0.39 is 24.4 Å². The number of fused-ring (bicyclic) bond motifs is 1. The summed E-state index contributed by atoms with van der Waals surface area (Å²) in [7, 11) is 1.55. The highest BCUT2D eigenvalue weighted by Gasteiger charge is 2.21. The molecule has 1 heterocycles. The molecular weight excluding hydrogens is 398 g/mol. The first-order valence-electron chi connectivity index (χ1n) is 9.79. The summed E-state index contributed by atoms with van der Waals surface area (Å²) in [5.41, 5.74) is 2.45. The van der Waals surface area contributed by atoms with Crippen molar-refractivity contribution in [2.45, 2.75) is 33.1 Å². The molecular formula is C24H25NO6. The van der Waals surface area contributed by atoms with E-state index in [9.17, 15) is 14.4 Å². The largest absolute Gasteiger partial charge is 0.497 e. The maximum Gasteiger partial charge on any atom is 0.375 e. The Balaban J connectivity index is 1.60. The number of ether oxygens (including phenoxy) is 2. The number of carbonyl (C=O) groups excluding carboxylic acids is 3. The van der Waals surface area contributed by atoms with Gasteiger partial charge in [0.25, 0.3) is 11.8 Å². The number of imide groups is 1. The summed E-state index contributed by atoms with van der Waals surface area (Å²) in [6.45, 7) is 7.32. The molecule has 0 fully saturated rings. The third kappa shape index (κ3) is 4.94. The Morgan fingerprint density at radius 2 is 1.71 bits per heavy atom. The minimum absolute atomic E-state index is 0.000138. The minimum atomic E-state index is -0.787. The average Bonchev–Trinajstić information content (AvgIpc) is 3.07. The molecule has 0 aliphatic rings. The summed E-state index contributed by atoms with van der Waals surface area (Å²) < 4.78 is 15.8. The Morgan fingerprint density at radius 1 is 1.03 bits per heavy atom. The van der Waals surface area contributed by atoms with Crippen molar-refractivity contribution in [1.29, 1.82) is 0 Å². The van der Waals surface area contributed by atoms with Gasteiger partial charge in [-0.1, -0.05) is 32.9 Å². The Kier molecular flexibility index (Phi) is 6.15. The predicted octanol–water partition coefficient (Wildman–Crippen LogP) is 4.16. The number of benzene rings is 2. The molecule has 0 radical (unpaired) electrons. The molecule has 1 N–H and O–H groups in total. The van der Waals surface area contributed by atoms with Crippen molar-refractivity contribution in [2.75, 3.05) is 13.7 Å². The van der Waals surface area contributed by atoms with E-state index in [1.165, 1.54) is 0 Å². The van der Waals surface area contributed by atoms with E-state index in [0.29, 0.717) is 27.8 Å². The van der Waals surface area contributed by atoms with Crippen molar-refractivity contribution in [1.82, 2.24) is 5.32 Å². The molecule has 0 atom stereocenters. The molecule has 1 aromatic heterocycles. The van der Waals surface area contributed by atoms with Crippen LogP contribution in [0.1, 0.15) is 52.8 Å². The van der Waals surface area contributed by atoms with Gasteiger partial charge in [0.05, 0.1) is 7.11 Å².